The molecule has 1 unspecified atom stereocenters. The van der Waals surface area contributed by atoms with E-state index in [0.717, 1.165) is 11.5 Å². The highest BCUT2D eigenvalue weighted by atomic mass is 35.5. The van der Waals surface area contributed by atoms with Crippen molar-refractivity contribution in [3.63, 3.8) is 0 Å². The first-order valence-corrected chi connectivity index (χ1v) is 6.15. The van der Waals surface area contributed by atoms with Crippen molar-refractivity contribution in [1.29, 1.82) is 0 Å². The van der Waals surface area contributed by atoms with Crippen LogP contribution < -0.4 is 5.32 Å². The predicted octanol–water partition coefficient (Wildman–Crippen LogP) is 3.93. The molecule has 88 valence electrons. The van der Waals surface area contributed by atoms with E-state index in [-0.39, 0.29) is 11.9 Å². The minimum atomic E-state index is -0.279. The SMILES string of the molecule is CC1CC(NC(C)c2ccc(F)cc2Cl)C1. The summed E-state index contributed by atoms with van der Waals surface area (Å²) in [7, 11) is 0. The maximum absolute atomic E-state index is 12.9. The molecule has 0 aromatic heterocycles. The fraction of sp³-hybridized carbons (Fsp3) is 0.538. The predicted molar refractivity (Wildman–Crippen MR) is 65.1 cm³/mol. The molecule has 1 aliphatic carbocycles. The van der Waals surface area contributed by atoms with Gasteiger partial charge in [0, 0.05) is 17.1 Å². The van der Waals surface area contributed by atoms with Gasteiger partial charge in [-0.2, -0.15) is 0 Å². The number of benzene rings is 1. The van der Waals surface area contributed by atoms with E-state index in [2.05, 4.69) is 19.2 Å². The Bertz CT molecular complexity index is 374. The first-order valence-electron chi connectivity index (χ1n) is 5.77. The molecule has 0 heterocycles. The molecule has 0 amide bonds. The van der Waals surface area contributed by atoms with Crippen molar-refractivity contribution in [1.82, 2.24) is 5.32 Å². The van der Waals surface area contributed by atoms with Gasteiger partial charge in [-0.15, -0.1) is 0 Å². The molecule has 1 aromatic carbocycles. The van der Waals surface area contributed by atoms with Crippen LogP contribution in [-0.2, 0) is 0 Å². The summed E-state index contributed by atoms with van der Waals surface area (Å²) in [4.78, 5) is 0. The van der Waals surface area contributed by atoms with Gasteiger partial charge in [-0.05, 0) is 43.4 Å². The van der Waals surface area contributed by atoms with Gasteiger partial charge in [-0.3, -0.25) is 0 Å². The van der Waals surface area contributed by atoms with E-state index in [9.17, 15) is 4.39 Å². The summed E-state index contributed by atoms with van der Waals surface area (Å²) >= 11 is 6.02. The lowest BCUT2D eigenvalue weighted by atomic mass is 9.81. The van der Waals surface area contributed by atoms with Crippen molar-refractivity contribution in [2.75, 3.05) is 0 Å². The van der Waals surface area contributed by atoms with Crippen LogP contribution in [0.1, 0.15) is 38.3 Å². The smallest absolute Gasteiger partial charge is 0.124 e. The number of hydrogen-bond acceptors (Lipinski definition) is 1. The molecule has 2 rings (SSSR count). The molecule has 3 heteroatoms. The molecule has 1 fully saturated rings. The van der Waals surface area contributed by atoms with Crippen molar-refractivity contribution in [2.45, 2.75) is 38.8 Å². The maximum atomic E-state index is 12.9. The van der Waals surface area contributed by atoms with Crippen LogP contribution >= 0.6 is 11.6 Å². The molecule has 0 spiro atoms. The average molecular weight is 242 g/mol. The summed E-state index contributed by atoms with van der Waals surface area (Å²) < 4.78 is 12.9. The zero-order valence-electron chi connectivity index (χ0n) is 9.63. The normalized spacial score (nSPS) is 26.2. The Morgan fingerprint density at radius 2 is 2.12 bits per heavy atom. The molecule has 1 N–H and O–H groups in total. The van der Waals surface area contributed by atoms with Crippen LogP contribution in [0.15, 0.2) is 18.2 Å². The van der Waals surface area contributed by atoms with Gasteiger partial charge in [0.05, 0.1) is 0 Å². The number of rotatable bonds is 3. The monoisotopic (exact) mass is 241 g/mol. The molecule has 0 bridgehead atoms. The van der Waals surface area contributed by atoms with E-state index >= 15 is 0 Å². The molecule has 1 aromatic rings. The van der Waals surface area contributed by atoms with Crippen LogP contribution in [0.4, 0.5) is 4.39 Å². The topological polar surface area (TPSA) is 12.0 Å². The van der Waals surface area contributed by atoms with Gasteiger partial charge in [-0.25, -0.2) is 4.39 Å². The van der Waals surface area contributed by atoms with Crippen molar-refractivity contribution < 1.29 is 4.39 Å². The van der Waals surface area contributed by atoms with E-state index in [0.29, 0.717) is 11.1 Å². The van der Waals surface area contributed by atoms with Gasteiger partial charge in [0.15, 0.2) is 0 Å². The van der Waals surface area contributed by atoms with E-state index in [4.69, 9.17) is 11.6 Å². The van der Waals surface area contributed by atoms with Crippen molar-refractivity contribution in [2.24, 2.45) is 5.92 Å². The Morgan fingerprint density at radius 3 is 2.69 bits per heavy atom. The highest BCUT2D eigenvalue weighted by Gasteiger charge is 2.26. The standard InChI is InChI=1S/C13H17ClFN/c1-8-5-11(6-8)16-9(2)12-4-3-10(15)7-13(12)14/h3-4,7-9,11,16H,5-6H2,1-2H3. The largest absolute Gasteiger partial charge is 0.307 e. The van der Waals surface area contributed by atoms with Gasteiger partial charge >= 0.3 is 0 Å². The van der Waals surface area contributed by atoms with Gasteiger partial charge < -0.3 is 5.32 Å². The van der Waals surface area contributed by atoms with E-state index in [1.165, 1.54) is 25.0 Å². The van der Waals surface area contributed by atoms with Crippen LogP contribution in [0.3, 0.4) is 0 Å². The van der Waals surface area contributed by atoms with E-state index in [1.54, 1.807) is 6.07 Å². The minimum Gasteiger partial charge on any atom is -0.307 e. The van der Waals surface area contributed by atoms with Gasteiger partial charge in [0.25, 0.3) is 0 Å². The molecule has 0 saturated heterocycles. The third kappa shape index (κ3) is 2.55. The average Bonchev–Trinajstić information content (AvgIpc) is 2.15. The first-order chi connectivity index (χ1) is 7.56. The van der Waals surface area contributed by atoms with Crippen LogP contribution in [0.5, 0.6) is 0 Å². The summed E-state index contributed by atoms with van der Waals surface area (Å²) in [6.07, 6.45) is 2.45. The Kier molecular flexibility index (Phi) is 3.50. The van der Waals surface area contributed by atoms with E-state index in [1.807, 2.05) is 0 Å². The zero-order valence-corrected chi connectivity index (χ0v) is 10.4. The molecular weight excluding hydrogens is 225 g/mol. The molecule has 1 aliphatic rings. The van der Waals surface area contributed by atoms with Crippen LogP contribution in [0.2, 0.25) is 5.02 Å². The summed E-state index contributed by atoms with van der Waals surface area (Å²) in [5, 5.41) is 4.02. The number of hydrogen-bond donors (Lipinski definition) is 1. The lowest BCUT2D eigenvalue weighted by Gasteiger charge is -2.36. The van der Waals surface area contributed by atoms with Crippen LogP contribution in [-0.4, -0.2) is 6.04 Å². The molecule has 1 saturated carbocycles. The molecule has 1 atom stereocenters. The number of halogens is 2. The third-order valence-corrected chi connectivity index (χ3v) is 3.62. The molecular formula is C13H17ClFN. The van der Waals surface area contributed by atoms with E-state index < -0.39 is 0 Å². The molecule has 0 radical (unpaired) electrons. The fourth-order valence-electron chi connectivity index (χ4n) is 2.33. The summed E-state index contributed by atoms with van der Waals surface area (Å²) in [5.74, 6) is 0.548. The third-order valence-electron chi connectivity index (χ3n) is 3.29. The summed E-state index contributed by atoms with van der Waals surface area (Å²) in [6.45, 7) is 4.33. The summed E-state index contributed by atoms with van der Waals surface area (Å²) in [5.41, 5.74) is 0.975. The molecule has 16 heavy (non-hydrogen) atoms. The lowest BCUT2D eigenvalue weighted by Crippen LogP contribution is -2.41. The second-order valence-corrected chi connectivity index (χ2v) is 5.23. The second kappa shape index (κ2) is 4.72. The van der Waals surface area contributed by atoms with Crippen LogP contribution in [0.25, 0.3) is 0 Å². The quantitative estimate of drug-likeness (QED) is 0.846. The van der Waals surface area contributed by atoms with Crippen molar-refractivity contribution in [3.05, 3.63) is 34.6 Å². The second-order valence-electron chi connectivity index (χ2n) is 4.83. The van der Waals surface area contributed by atoms with Crippen molar-refractivity contribution in [3.8, 4) is 0 Å². The van der Waals surface area contributed by atoms with Gasteiger partial charge in [-0.1, -0.05) is 24.6 Å². The Labute approximate surface area is 101 Å². The highest BCUT2D eigenvalue weighted by Crippen LogP contribution is 2.30. The highest BCUT2D eigenvalue weighted by molar-refractivity contribution is 6.31. The van der Waals surface area contributed by atoms with Gasteiger partial charge in [0.2, 0.25) is 0 Å². The van der Waals surface area contributed by atoms with Crippen molar-refractivity contribution >= 4 is 11.6 Å². The fourth-order valence-corrected chi connectivity index (χ4v) is 2.67. The van der Waals surface area contributed by atoms with Crippen LogP contribution in [0, 0.1) is 11.7 Å². The molecule has 0 aliphatic heterocycles. The number of nitrogens with one attached hydrogen (secondary N) is 1. The van der Waals surface area contributed by atoms with Gasteiger partial charge in [0.1, 0.15) is 5.82 Å². The Hall–Kier alpha value is -0.600. The Morgan fingerprint density at radius 1 is 1.44 bits per heavy atom. The summed E-state index contributed by atoms with van der Waals surface area (Å²) in [6, 6.07) is 5.37. The maximum Gasteiger partial charge on any atom is 0.124 e. The minimum absolute atomic E-state index is 0.186. The lowest BCUT2D eigenvalue weighted by molar-refractivity contribution is 0.226. The first kappa shape index (κ1) is 11.9. The molecule has 1 nitrogen and oxygen atoms in total. The zero-order chi connectivity index (χ0) is 11.7. The Balaban J connectivity index is 2.00.